The molecular formula is C13H15BrFNO. The number of benzene rings is 1. The predicted molar refractivity (Wildman–Crippen MR) is 69.3 cm³/mol. The average Bonchev–Trinajstić information content (AvgIpc) is 2.35. The molecule has 92 valence electrons. The fraction of sp³-hybridized carbons (Fsp3) is 0.462. The van der Waals surface area contributed by atoms with Gasteiger partial charge < -0.3 is 5.32 Å². The number of nitrogens with one attached hydrogen (secondary N) is 1. The van der Waals surface area contributed by atoms with Gasteiger partial charge in [-0.25, -0.2) is 4.39 Å². The second kappa shape index (κ2) is 5.63. The van der Waals surface area contributed by atoms with Crippen LogP contribution in [0, 0.1) is 11.7 Å². The van der Waals surface area contributed by atoms with Crippen LogP contribution in [0.5, 0.6) is 0 Å². The molecule has 0 aliphatic heterocycles. The molecule has 0 atom stereocenters. The molecule has 0 saturated heterocycles. The van der Waals surface area contributed by atoms with Crippen LogP contribution in [0.25, 0.3) is 0 Å². The minimum absolute atomic E-state index is 0.0585. The van der Waals surface area contributed by atoms with Crippen molar-refractivity contribution in [3.05, 3.63) is 28.5 Å². The van der Waals surface area contributed by atoms with Crippen molar-refractivity contribution in [2.45, 2.75) is 32.1 Å². The van der Waals surface area contributed by atoms with Gasteiger partial charge in [0.05, 0.1) is 4.47 Å². The zero-order valence-corrected chi connectivity index (χ0v) is 11.1. The Morgan fingerprint density at radius 1 is 1.29 bits per heavy atom. The van der Waals surface area contributed by atoms with Gasteiger partial charge in [-0.15, -0.1) is 0 Å². The van der Waals surface area contributed by atoms with E-state index in [1.807, 2.05) is 0 Å². The highest BCUT2D eigenvalue weighted by atomic mass is 79.9. The minimum atomic E-state index is -0.319. The average molecular weight is 300 g/mol. The summed E-state index contributed by atoms with van der Waals surface area (Å²) in [5.41, 5.74) is 0.647. The van der Waals surface area contributed by atoms with Crippen LogP contribution in [0.2, 0.25) is 0 Å². The van der Waals surface area contributed by atoms with Gasteiger partial charge in [0, 0.05) is 11.6 Å². The highest BCUT2D eigenvalue weighted by Gasteiger charge is 2.21. The van der Waals surface area contributed by atoms with Crippen molar-refractivity contribution in [3.8, 4) is 0 Å². The predicted octanol–water partition coefficient (Wildman–Crippen LogP) is 4.11. The van der Waals surface area contributed by atoms with Gasteiger partial charge >= 0.3 is 0 Å². The third kappa shape index (κ3) is 3.28. The SMILES string of the molecule is O=C(Nc1ccc(F)c(Br)c1)C1CCCCC1. The first-order valence-corrected chi connectivity index (χ1v) is 6.72. The maximum atomic E-state index is 13.0. The summed E-state index contributed by atoms with van der Waals surface area (Å²) in [5, 5.41) is 2.84. The molecule has 2 rings (SSSR count). The Labute approximate surface area is 109 Å². The zero-order chi connectivity index (χ0) is 12.3. The zero-order valence-electron chi connectivity index (χ0n) is 9.51. The van der Waals surface area contributed by atoms with Crippen molar-refractivity contribution in [2.75, 3.05) is 5.32 Å². The van der Waals surface area contributed by atoms with E-state index in [9.17, 15) is 9.18 Å². The Hall–Kier alpha value is -0.900. The number of carbonyl (C=O) groups excluding carboxylic acids is 1. The number of carbonyl (C=O) groups is 1. The largest absolute Gasteiger partial charge is 0.326 e. The first kappa shape index (κ1) is 12.6. The van der Waals surface area contributed by atoms with Crippen LogP contribution in [0.3, 0.4) is 0 Å². The summed E-state index contributed by atoms with van der Waals surface area (Å²) in [7, 11) is 0. The molecule has 1 fully saturated rings. The van der Waals surface area contributed by atoms with Gasteiger partial charge in [0.1, 0.15) is 5.82 Å². The summed E-state index contributed by atoms with van der Waals surface area (Å²) in [5.74, 6) is -0.142. The van der Waals surface area contributed by atoms with E-state index < -0.39 is 0 Å². The molecule has 4 heteroatoms. The summed E-state index contributed by atoms with van der Waals surface area (Å²) in [6.07, 6.45) is 5.42. The fourth-order valence-electron chi connectivity index (χ4n) is 2.18. The lowest BCUT2D eigenvalue weighted by atomic mass is 9.88. The van der Waals surface area contributed by atoms with Crippen LogP contribution in [0.15, 0.2) is 22.7 Å². The van der Waals surface area contributed by atoms with Gasteiger partial charge in [-0.3, -0.25) is 4.79 Å². The molecule has 17 heavy (non-hydrogen) atoms. The number of halogens is 2. The molecule has 0 radical (unpaired) electrons. The fourth-order valence-corrected chi connectivity index (χ4v) is 2.56. The summed E-state index contributed by atoms with van der Waals surface area (Å²) in [6, 6.07) is 4.53. The van der Waals surface area contributed by atoms with Gasteiger partial charge in [-0.05, 0) is 47.0 Å². The first-order valence-electron chi connectivity index (χ1n) is 5.93. The molecule has 1 saturated carbocycles. The maximum absolute atomic E-state index is 13.0. The Balaban J connectivity index is 1.99. The molecule has 0 heterocycles. The Bertz CT molecular complexity index is 416. The van der Waals surface area contributed by atoms with Crippen LogP contribution in [-0.4, -0.2) is 5.91 Å². The van der Waals surface area contributed by atoms with E-state index in [4.69, 9.17) is 0 Å². The minimum Gasteiger partial charge on any atom is -0.326 e. The standard InChI is InChI=1S/C13H15BrFNO/c14-11-8-10(6-7-12(11)15)16-13(17)9-4-2-1-3-5-9/h6-9H,1-5H2,(H,16,17). The van der Waals surface area contributed by atoms with Crippen molar-refractivity contribution >= 4 is 27.5 Å². The van der Waals surface area contributed by atoms with Gasteiger partial charge in [-0.2, -0.15) is 0 Å². The second-order valence-corrected chi connectivity index (χ2v) is 5.31. The summed E-state index contributed by atoms with van der Waals surface area (Å²) >= 11 is 3.11. The van der Waals surface area contributed by atoms with Crippen molar-refractivity contribution in [1.29, 1.82) is 0 Å². The second-order valence-electron chi connectivity index (χ2n) is 4.45. The van der Waals surface area contributed by atoms with Gasteiger partial charge in [0.2, 0.25) is 5.91 Å². The molecule has 1 aromatic carbocycles. The topological polar surface area (TPSA) is 29.1 Å². The van der Waals surface area contributed by atoms with Crippen LogP contribution in [0.4, 0.5) is 10.1 Å². The van der Waals surface area contributed by atoms with E-state index in [0.29, 0.717) is 10.2 Å². The quantitative estimate of drug-likeness (QED) is 0.875. The summed E-state index contributed by atoms with van der Waals surface area (Å²) in [6.45, 7) is 0. The Kier molecular flexibility index (Phi) is 4.15. The number of rotatable bonds is 2. The Morgan fingerprint density at radius 3 is 2.65 bits per heavy atom. The van der Waals surface area contributed by atoms with E-state index in [1.54, 1.807) is 12.1 Å². The third-order valence-electron chi connectivity index (χ3n) is 3.16. The van der Waals surface area contributed by atoms with Crippen LogP contribution >= 0.6 is 15.9 Å². The molecule has 0 bridgehead atoms. The van der Waals surface area contributed by atoms with Crippen LogP contribution < -0.4 is 5.32 Å². The molecule has 0 unspecified atom stereocenters. The van der Waals surface area contributed by atoms with E-state index >= 15 is 0 Å². The summed E-state index contributed by atoms with van der Waals surface area (Å²) in [4.78, 5) is 11.9. The highest BCUT2D eigenvalue weighted by Crippen LogP contribution is 2.26. The lowest BCUT2D eigenvalue weighted by Crippen LogP contribution is -2.24. The number of hydrogen-bond donors (Lipinski definition) is 1. The van der Waals surface area contributed by atoms with E-state index in [-0.39, 0.29) is 17.6 Å². The van der Waals surface area contributed by atoms with Crippen molar-refractivity contribution in [2.24, 2.45) is 5.92 Å². The molecule has 0 spiro atoms. The first-order chi connectivity index (χ1) is 8.16. The van der Waals surface area contributed by atoms with Crippen LogP contribution in [0.1, 0.15) is 32.1 Å². The molecule has 1 aliphatic carbocycles. The van der Waals surface area contributed by atoms with Crippen LogP contribution in [-0.2, 0) is 4.79 Å². The molecule has 0 aromatic heterocycles. The van der Waals surface area contributed by atoms with Crippen molar-refractivity contribution < 1.29 is 9.18 Å². The van der Waals surface area contributed by atoms with Gasteiger partial charge in [-0.1, -0.05) is 19.3 Å². The summed E-state index contributed by atoms with van der Waals surface area (Å²) < 4.78 is 13.4. The molecule has 2 nitrogen and oxygen atoms in total. The third-order valence-corrected chi connectivity index (χ3v) is 3.77. The molecule has 1 N–H and O–H groups in total. The lowest BCUT2D eigenvalue weighted by Gasteiger charge is -2.20. The van der Waals surface area contributed by atoms with E-state index in [0.717, 1.165) is 25.7 Å². The molecule has 1 aromatic rings. The molecular weight excluding hydrogens is 285 g/mol. The van der Waals surface area contributed by atoms with Crippen molar-refractivity contribution in [1.82, 2.24) is 0 Å². The van der Waals surface area contributed by atoms with Gasteiger partial charge in [0.15, 0.2) is 0 Å². The van der Waals surface area contributed by atoms with Crippen molar-refractivity contribution in [3.63, 3.8) is 0 Å². The molecule has 1 amide bonds. The highest BCUT2D eigenvalue weighted by molar-refractivity contribution is 9.10. The molecule has 1 aliphatic rings. The number of hydrogen-bond acceptors (Lipinski definition) is 1. The monoisotopic (exact) mass is 299 g/mol. The van der Waals surface area contributed by atoms with E-state index in [1.165, 1.54) is 12.5 Å². The lowest BCUT2D eigenvalue weighted by molar-refractivity contribution is -0.120. The number of amides is 1. The van der Waals surface area contributed by atoms with E-state index in [2.05, 4.69) is 21.2 Å². The van der Waals surface area contributed by atoms with Gasteiger partial charge in [0.25, 0.3) is 0 Å². The Morgan fingerprint density at radius 2 is 2.00 bits per heavy atom. The number of anilines is 1. The normalized spacial score (nSPS) is 16.8. The smallest absolute Gasteiger partial charge is 0.227 e. The maximum Gasteiger partial charge on any atom is 0.227 e.